The van der Waals surface area contributed by atoms with Crippen LogP contribution in [0.25, 0.3) is 5.57 Å². The molecule has 6 rings (SSSR count). The summed E-state index contributed by atoms with van der Waals surface area (Å²) in [6, 6.07) is 18.7. The molecule has 3 aliphatic rings. The number of carbonyl (C=O) groups excluding carboxylic acids is 1. The Balaban J connectivity index is 1.14. The number of aliphatic hydroxyl groups is 1. The number of likely N-dealkylation sites (tertiary alicyclic amines) is 1. The largest absolute Gasteiger partial charge is 0.465 e. The molecule has 3 aromatic rings. The average Bonchev–Trinajstić information content (AvgIpc) is 3.22. The van der Waals surface area contributed by atoms with Crippen molar-refractivity contribution < 1.29 is 24.1 Å². The van der Waals surface area contributed by atoms with E-state index in [0.29, 0.717) is 41.7 Å². The number of allylic oxidation sites excluding steroid dienone is 4. The second-order valence-corrected chi connectivity index (χ2v) is 11.7. The normalized spacial score (nSPS) is 20.1. The van der Waals surface area contributed by atoms with Crippen LogP contribution < -0.4 is 4.74 Å². The Morgan fingerprint density at radius 3 is 2.66 bits per heavy atom. The summed E-state index contributed by atoms with van der Waals surface area (Å²) in [5.41, 5.74) is 4.45. The molecular weight excluding hydrogens is 576 g/mol. The van der Waals surface area contributed by atoms with Crippen LogP contribution in [-0.4, -0.2) is 53.8 Å². The Bertz CT molecular complexity index is 1620. The van der Waals surface area contributed by atoms with Crippen molar-refractivity contribution in [2.75, 3.05) is 26.7 Å². The molecule has 7 nitrogen and oxygen atoms in total. The van der Waals surface area contributed by atoms with Gasteiger partial charge in [0.15, 0.2) is 0 Å². The molecule has 1 aliphatic carbocycles. The molecule has 0 saturated carbocycles. The van der Waals surface area contributed by atoms with Gasteiger partial charge in [0.25, 0.3) is 0 Å². The van der Waals surface area contributed by atoms with E-state index in [1.54, 1.807) is 18.3 Å². The zero-order valence-corrected chi connectivity index (χ0v) is 25.4. The van der Waals surface area contributed by atoms with Crippen LogP contribution in [0, 0.1) is 0 Å². The number of carbonyl (C=O) groups is 1. The fraction of sp³-hybridized carbons (Fsp3) is 0.278. The van der Waals surface area contributed by atoms with Gasteiger partial charge >= 0.3 is 5.97 Å². The third kappa shape index (κ3) is 6.71. The van der Waals surface area contributed by atoms with Crippen molar-refractivity contribution in [2.24, 2.45) is 0 Å². The van der Waals surface area contributed by atoms with Crippen LogP contribution in [0.1, 0.15) is 46.3 Å². The molecule has 1 N–H and O–H groups in total. The van der Waals surface area contributed by atoms with E-state index in [-0.39, 0.29) is 12.1 Å². The van der Waals surface area contributed by atoms with E-state index in [1.165, 1.54) is 7.11 Å². The Morgan fingerprint density at radius 1 is 1.14 bits per heavy atom. The number of halogens is 1. The van der Waals surface area contributed by atoms with Crippen LogP contribution in [0.15, 0.2) is 109 Å². The number of piperidine rings is 1. The highest BCUT2D eigenvalue weighted by Crippen LogP contribution is 2.37. The minimum atomic E-state index is -0.817. The lowest BCUT2D eigenvalue weighted by Gasteiger charge is -2.38. The quantitative estimate of drug-likeness (QED) is 0.287. The minimum Gasteiger partial charge on any atom is -0.465 e. The maximum Gasteiger partial charge on any atom is 0.337 e. The lowest BCUT2D eigenvalue weighted by atomic mass is 9.84. The van der Waals surface area contributed by atoms with Crippen LogP contribution >= 0.6 is 11.6 Å². The number of ether oxygens (including phenoxy) is 3. The topological polar surface area (TPSA) is 81.1 Å². The van der Waals surface area contributed by atoms with Gasteiger partial charge in [0.05, 0.1) is 24.9 Å². The third-order valence-electron chi connectivity index (χ3n) is 8.40. The number of nitrogens with zero attached hydrogens (tertiary/aromatic N) is 2. The van der Waals surface area contributed by atoms with E-state index in [9.17, 15) is 9.90 Å². The molecule has 0 bridgehead atoms. The average molecular weight is 611 g/mol. The molecule has 0 spiro atoms. The molecule has 1 aromatic heterocycles. The molecular formula is C36H35ClN2O5. The predicted octanol–water partition coefficient (Wildman–Crippen LogP) is 6.64. The molecule has 2 aromatic carbocycles. The van der Waals surface area contributed by atoms with E-state index in [0.717, 1.165) is 53.9 Å². The first-order chi connectivity index (χ1) is 21.4. The smallest absolute Gasteiger partial charge is 0.337 e. The number of esters is 1. The summed E-state index contributed by atoms with van der Waals surface area (Å²) in [5.74, 6) is 0.907. The minimum absolute atomic E-state index is 0.319. The summed E-state index contributed by atoms with van der Waals surface area (Å²) in [4.78, 5) is 18.7. The molecule has 226 valence electrons. The van der Waals surface area contributed by atoms with Gasteiger partial charge in [-0.3, -0.25) is 0 Å². The van der Waals surface area contributed by atoms with Crippen LogP contribution in [0.3, 0.4) is 0 Å². The van der Waals surface area contributed by atoms with Gasteiger partial charge in [0.2, 0.25) is 5.88 Å². The highest BCUT2D eigenvalue weighted by molar-refractivity contribution is 6.30. The third-order valence-corrected chi connectivity index (χ3v) is 8.66. The Hall–Kier alpha value is -4.01. The van der Waals surface area contributed by atoms with Crippen molar-refractivity contribution in [1.29, 1.82) is 0 Å². The maximum absolute atomic E-state index is 11.8. The number of hydrogen-bond donors (Lipinski definition) is 1. The molecule has 1 atom stereocenters. The van der Waals surface area contributed by atoms with E-state index in [4.69, 9.17) is 25.8 Å². The first-order valence-electron chi connectivity index (χ1n) is 14.9. The molecule has 0 radical (unpaired) electrons. The molecule has 0 amide bonds. The fourth-order valence-corrected chi connectivity index (χ4v) is 5.95. The van der Waals surface area contributed by atoms with Gasteiger partial charge in [-0.2, -0.15) is 0 Å². The zero-order valence-electron chi connectivity index (χ0n) is 24.6. The molecule has 8 heteroatoms. The van der Waals surface area contributed by atoms with Gasteiger partial charge in [0.1, 0.15) is 11.9 Å². The molecule has 1 unspecified atom stereocenters. The highest BCUT2D eigenvalue weighted by Gasteiger charge is 2.33. The van der Waals surface area contributed by atoms with Crippen molar-refractivity contribution in [1.82, 2.24) is 9.88 Å². The summed E-state index contributed by atoms with van der Waals surface area (Å²) in [6.07, 6.45) is 13.9. The van der Waals surface area contributed by atoms with Gasteiger partial charge in [-0.1, -0.05) is 54.1 Å². The Morgan fingerprint density at radius 2 is 1.91 bits per heavy atom. The predicted molar refractivity (Wildman–Crippen MR) is 170 cm³/mol. The van der Waals surface area contributed by atoms with Crippen LogP contribution in [0.2, 0.25) is 5.02 Å². The molecule has 2 aliphatic heterocycles. The number of fused-ring (bicyclic) bond motifs is 2. The number of benzene rings is 2. The first-order valence-corrected chi connectivity index (χ1v) is 15.2. The van der Waals surface area contributed by atoms with E-state index >= 15 is 0 Å². The molecule has 3 heterocycles. The zero-order chi connectivity index (χ0) is 30.5. The summed E-state index contributed by atoms with van der Waals surface area (Å²) < 4.78 is 17.5. The van der Waals surface area contributed by atoms with E-state index in [1.807, 2.05) is 66.8 Å². The van der Waals surface area contributed by atoms with Crippen LogP contribution in [0.5, 0.6) is 5.88 Å². The van der Waals surface area contributed by atoms with Crippen molar-refractivity contribution >= 4 is 23.1 Å². The standard InChI is InChI=1S/C36H35ClN2O5/c1-42-35(40)26-11-9-25(10-12-26)24-43-32-7-2-8-33-31(32)23-27(30-6-3-19-38-34(30)44-33)5-4-20-39-21-17-36(41,18-22-39)28-13-15-29(37)16-14-28/h2-3,5-16,19,23,32,41H,4,17-18,20-22,24H2,1H3. The highest BCUT2D eigenvalue weighted by atomic mass is 35.5. The van der Waals surface area contributed by atoms with Gasteiger partial charge in [-0.15, -0.1) is 0 Å². The lowest BCUT2D eigenvalue weighted by Crippen LogP contribution is -2.42. The molecule has 44 heavy (non-hydrogen) atoms. The van der Waals surface area contributed by atoms with Crippen molar-refractivity contribution in [3.63, 3.8) is 0 Å². The van der Waals surface area contributed by atoms with Gasteiger partial charge < -0.3 is 24.2 Å². The van der Waals surface area contributed by atoms with Crippen LogP contribution in [0.4, 0.5) is 0 Å². The fourth-order valence-electron chi connectivity index (χ4n) is 5.82. The second kappa shape index (κ2) is 13.3. The summed E-state index contributed by atoms with van der Waals surface area (Å²) in [6.45, 7) is 2.88. The summed E-state index contributed by atoms with van der Waals surface area (Å²) in [5, 5.41) is 11.9. The van der Waals surface area contributed by atoms with Crippen molar-refractivity contribution in [3.8, 4) is 5.88 Å². The second-order valence-electron chi connectivity index (χ2n) is 11.2. The number of hydrogen-bond acceptors (Lipinski definition) is 7. The Kier molecular flexibility index (Phi) is 9.09. The van der Waals surface area contributed by atoms with Crippen LogP contribution in [-0.2, 0) is 21.7 Å². The van der Waals surface area contributed by atoms with Gasteiger partial charge in [-0.05, 0) is 84.5 Å². The van der Waals surface area contributed by atoms with Gasteiger partial charge in [-0.25, -0.2) is 9.78 Å². The van der Waals surface area contributed by atoms with Gasteiger partial charge in [0, 0.05) is 42.0 Å². The molecule has 1 fully saturated rings. The van der Waals surface area contributed by atoms with Crippen molar-refractivity contribution in [2.45, 2.75) is 37.6 Å². The number of methoxy groups -OCH3 is 1. The molecule has 1 saturated heterocycles. The monoisotopic (exact) mass is 610 g/mol. The maximum atomic E-state index is 11.8. The van der Waals surface area contributed by atoms with E-state index in [2.05, 4.69) is 22.0 Å². The SMILES string of the molecule is COC(=O)c1ccc(COC2C=CC=C3Oc4ncccc4C(=CCCN4CCC(O)(c5ccc(Cl)cc5)CC4)C=C32)cc1. The summed E-state index contributed by atoms with van der Waals surface area (Å²) >= 11 is 6.05. The lowest BCUT2D eigenvalue weighted by molar-refractivity contribution is -0.0254. The number of pyridine rings is 1. The number of aromatic nitrogens is 1. The number of rotatable bonds is 8. The summed E-state index contributed by atoms with van der Waals surface area (Å²) in [7, 11) is 1.37. The Labute approximate surface area is 262 Å². The first kappa shape index (κ1) is 30.0. The van der Waals surface area contributed by atoms with E-state index < -0.39 is 5.60 Å². The van der Waals surface area contributed by atoms with Crippen molar-refractivity contribution in [3.05, 3.63) is 136 Å².